The van der Waals surface area contributed by atoms with Gasteiger partial charge in [0.05, 0.1) is 5.57 Å². The molecule has 1 heterocycles. The number of aliphatic hydroxyl groups is 1. The Balaban J connectivity index is 1.75. The number of ketones is 1. The SMILES string of the molecule is CCc1cc(C)cc(CC)c1C1=C(O)CC(C(C)CSc2ccc(C(F)(F)F)nn2)CC1=O. The third-order valence-electron chi connectivity index (χ3n) is 6.16. The van der Waals surface area contributed by atoms with E-state index in [2.05, 4.69) is 36.2 Å². The van der Waals surface area contributed by atoms with Gasteiger partial charge in [-0.25, -0.2) is 0 Å². The van der Waals surface area contributed by atoms with E-state index in [0.29, 0.717) is 29.2 Å². The van der Waals surface area contributed by atoms with Gasteiger partial charge in [0, 0.05) is 18.6 Å². The average Bonchev–Trinajstić information content (AvgIpc) is 2.76. The maximum absolute atomic E-state index is 13.2. The van der Waals surface area contributed by atoms with Crippen LogP contribution in [-0.2, 0) is 23.8 Å². The Labute approximate surface area is 196 Å². The minimum Gasteiger partial charge on any atom is -0.512 e. The lowest BCUT2D eigenvalue weighted by Gasteiger charge is -2.29. The molecule has 0 spiro atoms. The van der Waals surface area contributed by atoms with Crippen LogP contribution in [0.15, 0.2) is 35.1 Å². The Morgan fingerprint density at radius 3 is 2.24 bits per heavy atom. The van der Waals surface area contributed by atoms with Crippen molar-refractivity contribution in [3.63, 3.8) is 0 Å². The zero-order valence-electron chi connectivity index (χ0n) is 19.3. The van der Waals surface area contributed by atoms with Crippen LogP contribution in [-0.4, -0.2) is 26.8 Å². The van der Waals surface area contributed by atoms with Crippen molar-refractivity contribution in [2.75, 3.05) is 5.75 Å². The standard InChI is InChI=1S/C25H29F3N2O2S/c1-5-16-9-14(3)10-17(6-2)23(16)24-19(31)11-18(12-20(24)32)15(4)13-33-22-8-7-21(29-30-22)25(26,27)28/h7-10,15,18,31H,5-6,11-13H2,1-4H3. The fourth-order valence-corrected chi connectivity index (χ4v) is 5.30. The number of alkyl halides is 3. The molecule has 0 saturated heterocycles. The first-order valence-electron chi connectivity index (χ1n) is 11.2. The zero-order valence-corrected chi connectivity index (χ0v) is 20.1. The minimum atomic E-state index is -4.51. The summed E-state index contributed by atoms with van der Waals surface area (Å²) in [5.41, 5.74) is 3.61. The molecule has 0 bridgehead atoms. The Bertz CT molecular complexity index is 1020. The van der Waals surface area contributed by atoms with Crippen molar-refractivity contribution in [1.29, 1.82) is 0 Å². The summed E-state index contributed by atoms with van der Waals surface area (Å²) in [5, 5.41) is 18.2. The predicted molar refractivity (Wildman–Crippen MR) is 124 cm³/mol. The number of nitrogens with zero attached hydrogens (tertiary/aromatic N) is 2. The van der Waals surface area contributed by atoms with Crippen molar-refractivity contribution in [3.8, 4) is 0 Å². The molecule has 0 aliphatic heterocycles. The van der Waals surface area contributed by atoms with Crippen LogP contribution < -0.4 is 0 Å². The number of rotatable bonds is 7. The van der Waals surface area contributed by atoms with E-state index in [1.165, 1.54) is 17.8 Å². The molecule has 2 unspecified atom stereocenters. The second-order valence-electron chi connectivity index (χ2n) is 8.62. The van der Waals surface area contributed by atoms with Crippen molar-refractivity contribution in [1.82, 2.24) is 10.2 Å². The van der Waals surface area contributed by atoms with Crippen LogP contribution in [0.1, 0.15) is 61.6 Å². The molecule has 8 heteroatoms. The average molecular weight is 479 g/mol. The molecule has 2 aromatic rings. The molecule has 2 atom stereocenters. The highest BCUT2D eigenvalue weighted by atomic mass is 32.2. The summed E-state index contributed by atoms with van der Waals surface area (Å²) in [6, 6.07) is 6.39. The summed E-state index contributed by atoms with van der Waals surface area (Å²) >= 11 is 1.30. The van der Waals surface area contributed by atoms with Gasteiger partial charge < -0.3 is 5.11 Å². The van der Waals surface area contributed by atoms with Gasteiger partial charge in [-0.1, -0.05) is 38.5 Å². The molecule has 4 nitrogen and oxygen atoms in total. The zero-order chi connectivity index (χ0) is 24.3. The predicted octanol–water partition coefficient (Wildman–Crippen LogP) is 6.61. The first-order valence-corrected chi connectivity index (χ1v) is 12.1. The number of carbonyl (C=O) groups excluding carboxylic acids is 1. The Morgan fingerprint density at radius 2 is 1.76 bits per heavy atom. The number of aliphatic hydroxyl groups excluding tert-OH is 1. The summed E-state index contributed by atoms with van der Waals surface area (Å²) in [7, 11) is 0. The monoisotopic (exact) mass is 478 g/mol. The lowest BCUT2D eigenvalue weighted by atomic mass is 9.76. The van der Waals surface area contributed by atoms with E-state index in [-0.39, 0.29) is 23.4 Å². The molecule has 1 aliphatic rings. The van der Waals surface area contributed by atoms with E-state index < -0.39 is 11.9 Å². The van der Waals surface area contributed by atoms with Crippen molar-refractivity contribution in [2.45, 2.75) is 64.6 Å². The maximum atomic E-state index is 13.2. The number of aryl methyl sites for hydroxylation is 3. The quantitative estimate of drug-likeness (QED) is 0.454. The van der Waals surface area contributed by atoms with Gasteiger partial charge in [0.2, 0.25) is 0 Å². The van der Waals surface area contributed by atoms with Gasteiger partial charge >= 0.3 is 6.18 Å². The van der Waals surface area contributed by atoms with Gasteiger partial charge in [-0.15, -0.1) is 22.0 Å². The number of Topliss-reactive ketones (excluding diaryl/α,β-unsaturated/α-hetero) is 1. The van der Waals surface area contributed by atoms with E-state index >= 15 is 0 Å². The van der Waals surface area contributed by atoms with Crippen molar-refractivity contribution >= 4 is 23.1 Å². The number of carbonyl (C=O) groups is 1. The Hall–Kier alpha value is -2.35. The van der Waals surface area contributed by atoms with Crippen LogP contribution in [0.5, 0.6) is 0 Å². The van der Waals surface area contributed by atoms with Gasteiger partial charge in [0.15, 0.2) is 11.5 Å². The molecule has 1 aromatic carbocycles. The van der Waals surface area contributed by atoms with Crippen molar-refractivity contribution in [3.05, 3.63) is 58.0 Å². The summed E-state index contributed by atoms with van der Waals surface area (Å²) in [6.45, 7) is 8.13. The van der Waals surface area contributed by atoms with Crippen molar-refractivity contribution < 1.29 is 23.1 Å². The molecular formula is C25H29F3N2O2S. The second-order valence-corrected chi connectivity index (χ2v) is 9.66. The first-order chi connectivity index (χ1) is 15.5. The van der Waals surface area contributed by atoms with E-state index in [1.807, 2.05) is 13.8 Å². The lowest BCUT2D eigenvalue weighted by Crippen LogP contribution is -2.25. The normalized spacial score (nSPS) is 18.0. The van der Waals surface area contributed by atoms with Crippen LogP contribution >= 0.6 is 11.8 Å². The molecule has 0 radical (unpaired) electrons. The Kier molecular flexibility index (Phi) is 7.88. The van der Waals surface area contributed by atoms with E-state index in [0.717, 1.165) is 41.2 Å². The molecule has 1 aromatic heterocycles. The topological polar surface area (TPSA) is 63.1 Å². The summed E-state index contributed by atoms with van der Waals surface area (Å²) in [4.78, 5) is 13.2. The molecule has 0 fully saturated rings. The molecule has 1 aliphatic carbocycles. The van der Waals surface area contributed by atoms with Crippen LogP contribution in [0.2, 0.25) is 0 Å². The van der Waals surface area contributed by atoms with Gasteiger partial charge in [-0.2, -0.15) is 13.2 Å². The fourth-order valence-electron chi connectivity index (χ4n) is 4.33. The van der Waals surface area contributed by atoms with Crippen molar-refractivity contribution in [2.24, 2.45) is 11.8 Å². The van der Waals surface area contributed by atoms with E-state index in [1.54, 1.807) is 0 Å². The number of aromatic nitrogens is 2. The lowest BCUT2D eigenvalue weighted by molar-refractivity contribution is -0.141. The number of halogens is 3. The first kappa shape index (κ1) is 25.3. The number of hydrogen-bond donors (Lipinski definition) is 1. The second kappa shape index (κ2) is 10.3. The molecule has 0 amide bonds. The maximum Gasteiger partial charge on any atom is 0.435 e. The minimum absolute atomic E-state index is 0.0447. The highest BCUT2D eigenvalue weighted by Gasteiger charge is 2.34. The molecular weight excluding hydrogens is 449 g/mol. The third-order valence-corrected chi connectivity index (χ3v) is 7.36. The largest absolute Gasteiger partial charge is 0.512 e. The number of allylic oxidation sites excluding steroid dienone is 2. The number of thioether (sulfide) groups is 1. The highest BCUT2D eigenvalue weighted by Crippen LogP contribution is 2.39. The van der Waals surface area contributed by atoms with Gasteiger partial charge in [0.25, 0.3) is 0 Å². The molecule has 33 heavy (non-hydrogen) atoms. The van der Waals surface area contributed by atoms with E-state index in [4.69, 9.17) is 0 Å². The molecule has 1 N–H and O–H groups in total. The summed E-state index contributed by atoms with van der Waals surface area (Å²) in [6.07, 6.45) is -2.22. The molecule has 178 valence electrons. The highest BCUT2D eigenvalue weighted by molar-refractivity contribution is 7.99. The van der Waals surface area contributed by atoms with Gasteiger partial charge in [0.1, 0.15) is 10.8 Å². The number of hydrogen-bond acceptors (Lipinski definition) is 5. The van der Waals surface area contributed by atoms with Crippen LogP contribution in [0.25, 0.3) is 5.57 Å². The summed E-state index contributed by atoms with van der Waals surface area (Å²) < 4.78 is 37.9. The smallest absolute Gasteiger partial charge is 0.435 e. The van der Waals surface area contributed by atoms with Crippen LogP contribution in [0.3, 0.4) is 0 Å². The Morgan fingerprint density at radius 1 is 1.12 bits per heavy atom. The summed E-state index contributed by atoms with van der Waals surface area (Å²) in [5.74, 6) is 0.655. The molecule has 0 saturated carbocycles. The molecule has 3 rings (SSSR count). The van der Waals surface area contributed by atoms with Gasteiger partial charge in [-0.05, 0) is 60.4 Å². The number of benzene rings is 1. The third kappa shape index (κ3) is 5.78. The fraction of sp³-hybridized carbons (Fsp3) is 0.480. The van der Waals surface area contributed by atoms with Crippen LogP contribution in [0.4, 0.5) is 13.2 Å². The van der Waals surface area contributed by atoms with Gasteiger partial charge in [-0.3, -0.25) is 4.79 Å². The van der Waals surface area contributed by atoms with E-state index in [9.17, 15) is 23.1 Å². The van der Waals surface area contributed by atoms with Crippen LogP contribution in [0, 0.1) is 18.8 Å².